The fourth-order valence-corrected chi connectivity index (χ4v) is 1.78. The van der Waals surface area contributed by atoms with E-state index in [0.29, 0.717) is 10.7 Å². The van der Waals surface area contributed by atoms with Crippen molar-refractivity contribution in [2.24, 2.45) is 15.2 Å². The summed E-state index contributed by atoms with van der Waals surface area (Å²) in [6, 6.07) is 16.2. The molecule has 0 bridgehead atoms. The molecule has 1 unspecified atom stereocenters. The topological polar surface area (TPSA) is 54.1 Å². The number of halogens is 1. The van der Waals surface area contributed by atoms with Crippen molar-refractivity contribution in [1.29, 1.82) is 0 Å². The summed E-state index contributed by atoms with van der Waals surface area (Å²) in [5, 5.41) is 8.90. The maximum Gasteiger partial charge on any atom is 0.237 e. The van der Waals surface area contributed by atoms with E-state index in [1.54, 1.807) is 37.3 Å². The first-order valence-corrected chi connectivity index (χ1v) is 6.35. The van der Waals surface area contributed by atoms with Crippen LogP contribution in [0.3, 0.4) is 0 Å². The molecule has 0 saturated heterocycles. The number of hydrogen-bond acceptors (Lipinski definition) is 4. The quantitative estimate of drug-likeness (QED) is 0.459. The summed E-state index contributed by atoms with van der Waals surface area (Å²) in [6.45, 7) is 1.70. The number of azo groups is 1. The van der Waals surface area contributed by atoms with Gasteiger partial charge in [-0.05, 0) is 31.2 Å². The molecule has 0 N–H and O–H groups in total. The molecule has 2 aromatic rings. The number of benzene rings is 2. The molecule has 0 radical (unpaired) electrons. The van der Waals surface area contributed by atoms with Crippen LogP contribution in [-0.4, -0.2) is 6.08 Å². The lowest BCUT2D eigenvalue weighted by atomic mass is 10.0. The highest BCUT2D eigenvalue weighted by atomic mass is 35.5. The zero-order valence-corrected chi connectivity index (χ0v) is 11.6. The van der Waals surface area contributed by atoms with E-state index in [9.17, 15) is 4.79 Å². The van der Waals surface area contributed by atoms with Crippen molar-refractivity contribution in [3.8, 4) is 0 Å². The number of aliphatic imine (C=N–C) groups is 1. The minimum Gasteiger partial charge on any atom is -0.211 e. The third kappa shape index (κ3) is 3.38. The van der Waals surface area contributed by atoms with Gasteiger partial charge in [0.2, 0.25) is 11.7 Å². The van der Waals surface area contributed by atoms with Gasteiger partial charge < -0.3 is 0 Å². The van der Waals surface area contributed by atoms with Gasteiger partial charge in [-0.25, -0.2) is 4.79 Å². The maximum atomic E-state index is 10.6. The molecule has 0 aliphatic carbocycles. The molecular weight excluding hydrogens is 274 g/mol. The highest BCUT2D eigenvalue weighted by Gasteiger charge is 2.25. The first kappa shape index (κ1) is 14.1. The molecular formula is C15H12ClN3O. The molecule has 0 aliphatic heterocycles. The lowest BCUT2D eigenvalue weighted by Gasteiger charge is -2.17. The lowest BCUT2D eigenvalue weighted by molar-refractivity contribution is 0.485. The predicted molar refractivity (Wildman–Crippen MR) is 77.9 cm³/mol. The first-order chi connectivity index (χ1) is 9.64. The molecule has 0 fully saturated rings. The van der Waals surface area contributed by atoms with Crippen LogP contribution in [0.2, 0.25) is 5.02 Å². The van der Waals surface area contributed by atoms with Crippen LogP contribution in [0, 0.1) is 0 Å². The minimum atomic E-state index is -1.08. The van der Waals surface area contributed by atoms with Crippen LogP contribution in [0.25, 0.3) is 0 Å². The molecule has 0 amide bonds. The minimum absolute atomic E-state index is 0.626. The zero-order chi connectivity index (χ0) is 14.4. The van der Waals surface area contributed by atoms with Gasteiger partial charge in [0.25, 0.3) is 0 Å². The van der Waals surface area contributed by atoms with Gasteiger partial charge in [-0.2, -0.15) is 15.2 Å². The van der Waals surface area contributed by atoms with Crippen LogP contribution in [0.1, 0.15) is 12.5 Å². The molecule has 2 aromatic carbocycles. The van der Waals surface area contributed by atoms with Gasteiger partial charge in [-0.15, -0.1) is 0 Å². The molecule has 0 aromatic heterocycles. The van der Waals surface area contributed by atoms with Gasteiger partial charge in [-0.3, -0.25) is 0 Å². The smallest absolute Gasteiger partial charge is 0.211 e. The number of carbonyl (C=O) groups excluding carboxylic acids is 1. The Morgan fingerprint density at radius 3 is 2.30 bits per heavy atom. The summed E-state index contributed by atoms with van der Waals surface area (Å²) in [7, 11) is 0. The second kappa shape index (κ2) is 6.24. The summed E-state index contributed by atoms with van der Waals surface area (Å²) in [5.41, 5.74) is 0.321. The normalized spacial score (nSPS) is 13.7. The molecule has 0 heterocycles. The van der Waals surface area contributed by atoms with E-state index >= 15 is 0 Å². The largest absolute Gasteiger partial charge is 0.237 e. The zero-order valence-electron chi connectivity index (χ0n) is 10.8. The van der Waals surface area contributed by atoms with Crippen LogP contribution >= 0.6 is 11.6 Å². The molecule has 4 nitrogen and oxygen atoms in total. The van der Waals surface area contributed by atoms with Crippen LogP contribution in [0.15, 0.2) is 69.8 Å². The van der Waals surface area contributed by atoms with Crippen LogP contribution in [0.5, 0.6) is 0 Å². The number of isocyanates is 1. The molecule has 0 saturated carbocycles. The number of hydrogen-bond donors (Lipinski definition) is 0. The monoisotopic (exact) mass is 285 g/mol. The van der Waals surface area contributed by atoms with Crippen molar-refractivity contribution in [3.63, 3.8) is 0 Å². The van der Waals surface area contributed by atoms with Crippen molar-refractivity contribution in [2.45, 2.75) is 12.6 Å². The highest BCUT2D eigenvalue weighted by Crippen LogP contribution is 2.28. The Labute approximate surface area is 121 Å². The molecule has 20 heavy (non-hydrogen) atoms. The molecule has 0 spiro atoms. The van der Waals surface area contributed by atoms with Crippen molar-refractivity contribution >= 4 is 23.4 Å². The summed E-state index contributed by atoms with van der Waals surface area (Å²) in [4.78, 5) is 14.4. The van der Waals surface area contributed by atoms with Gasteiger partial charge >= 0.3 is 0 Å². The van der Waals surface area contributed by atoms with Crippen LogP contribution in [0.4, 0.5) is 5.69 Å². The van der Waals surface area contributed by atoms with Crippen molar-refractivity contribution in [2.75, 3.05) is 0 Å². The van der Waals surface area contributed by atoms with E-state index in [2.05, 4.69) is 15.2 Å². The predicted octanol–water partition coefficient (Wildman–Crippen LogP) is 4.63. The number of nitrogens with zero attached hydrogens (tertiary/aromatic N) is 3. The Morgan fingerprint density at radius 1 is 1.05 bits per heavy atom. The summed E-state index contributed by atoms with van der Waals surface area (Å²) < 4.78 is 0. The van der Waals surface area contributed by atoms with Gasteiger partial charge in [0.1, 0.15) is 0 Å². The van der Waals surface area contributed by atoms with E-state index in [0.717, 1.165) is 5.56 Å². The lowest BCUT2D eigenvalue weighted by Crippen LogP contribution is -2.14. The molecule has 1 atom stereocenters. The van der Waals surface area contributed by atoms with E-state index in [-0.39, 0.29) is 0 Å². The van der Waals surface area contributed by atoms with Crippen LogP contribution in [-0.2, 0) is 10.5 Å². The fraction of sp³-hybridized carbons (Fsp3) is 0.133. The summed E-state index contributed by atoms with van der Waals surface area (Å²) >= 11 is 5.81. The van der Waals surface area contributed by atoms with E-state index in [1.807, 2.05) is 30.3 Å². The van der Waals surface area contributed by atoms with Gasteiger partial charge in [0.15, 0.2) is 0 Å². The Morgan fingerprint density at radius 2 is 1.70 bits per heavy atom. The Kier molecular flexibility index (Phi) is 4.41. The average molecular weight is 286 g/mol. The Bertz CT molecular complexity index is 649. The highest BCUT2D eigenvalue weighted by molar-refractivity contribution is 6.30. The molecule has 5 heteroatoms. The maximum absolute atomic E-state index is 10.6. The van der Waals surface area contributed by atoms with E-state index in [4.69, 9.17) is 11.6 Å². The van der Waals surface area contributed by atoms with Crippen LogP contribution < -0.4 is 0 Å². The second-order valence-corrected chi connectivity index (χ2v) is 4.70. The average Bonchev–Trinajstić information content (AvgIpc) is 2.48. The van der Waals surface area contributed by atoms with Crippen molar-refractivity contribution in [3.05, 3.63) is 65.2 Å². The third-order valence-electron chi connectivity index (χ3n) is 2.77. The third-order valence-corrected chi connectivity index (χ3v) is 3.02. The number of rotatable bonds is 4. The van der Waals surface area contributed by atoms with Crippen molar-refractivity contribution in [1.82, 2.24) is 0 Å². The second-order valence-electron chi connectivity index (χ2n) is 4.27. The SMILES string of the molecule is CC(N=C=O)(N=Nc1ccc(Cl)cc1)c1ccccc1. The van der Waals surface area contributed by atoms with Gasteiger partial charge in [0.05, 0.1) is 5.69 Å². The van der Waals surface area contributed by atoms with E-state index in [1.165, 1.54) is 0 Å². The Balaban J connectivity index is 2.34. The fourth-order valence-electron chi connectivity index (χ4n) is 1.65. The Hall–Kier alpha value is -2.29. The molecule has 2 rings (SSSR count). The van der Waals surface area contributed by atoms with Crippen molar-refractivity contribution < 1.29 is 4.79 Å². The standard InChI is InChI=1S/C15H12ClN3O/c1-15(17-11-20,12-5-3-2-4-6-12)19-18-14-9-7-13(16)8-10-14/h2-10H,1H3. The summed E-state index contributed by atoms with van der Waals surface area (Å²) in [5.74, 6) is 0. The summed E-state index contributed by atoms with van der Waals surface area (Å²) in [6.07, 6.45) is 1.55. The molecule has 100 valence electrons. The first-order valence-electron chi connectivity index (χ1n) is 5.97. The molecule has 0 aliphatic rings. The van der Waals surface area contributed by atoms with Gasteiger partial charge in [-0.1, -0.05) is 41.9 Å². The van der Waals surface area contributed by atoms with E-state index < -0.39 is 5.66 Å². The van der Waals surface area contributed by atoms with Gasteiger partial charge in [0, 0.05) is 10.6 Å².